The largest absolute Gasteiger partial charge is 0.345 e. The zero-order chi connectivity index (χ0) is 94.2. The van der Waals surface area contributed by atoms with E-state index in [2.05, 4.69) is 603 Å². The molecule has 24 aromatic carbocycles. The van der Waals surface area contributed by atoms with Crippen LogP contribution in [0.15, 0.2) is 546 Å². The van der Waals surface area contributed by atoms with Crippen molar-refractivity contribution in [2.45, 2.75) is 6.92 Å². The lowest BCUT2D eigenvalue weighted by Crippen LogP contribution is -2.12. The third-order valence-electron chi connectivity index (χ3n) is 27.3. The Balaban J connectivity index is 0.000000122. The summed E-state index contributed by atoms with van der Waals surface area (Å²) in [4.78, 5) is 13.8. The van der Waals surface area contributed by atoms with Gasteiger partial charge in [0.05, 0.1) is 0 Å². The van der Waals surface area contributed by atoms with Crippen LogP contribution in [-0.4, -0.2) is 21.1 Å². The molecule has 0 N–H and O–H groups in total. The number of anilines is 15. The average Bonchev–Trinajstić information content (AvgIpc) is 0.714. The second-order valence-corrected chi connectivity index (χ2v) is 35.8. The number of hydrogen-bond donors (Lipinski definition) is 0. The fourth-order valence-corrected chi connectivity index (χ4v) is 19.8. The minimum atomic E-state index is 1.10. The van der Waals surface area contributed by atoms with Gasteiger partial charge in [-0.25, -0.2) is 0 Å². The summed E-state index contributed by atoms with van der Waals surface area (Å²) >= 11 is 0. The number of fused-ring (bicyclic) bond motifs is 5. The highest BCUT2D eigenvalue weighted by molar-refractivity contribution is 6.34. The second-order valence-electron chi connectivity index (χ2n) is 35.8. The molecular weight excluding hydrogens is 1690 g/mol. The van der Waals surface area contributed by atoms with E-state index in [1.165, 1.54) is 154 Å². The Bertz CT molecular complexity index is 8050. The van der Waals surface area contributed by atoms with Crippen LogP contribution in [0.1, 0.15) is 5.56 Å². The molecule has 0 aromatic heterocycles. The maximum atomic E-state index is 2.34. The normalized spacial score (nSPS) is 11.1. The summed E-state index contributed by atoms with van der Waals surface area (Å²) in [5, 5.41) is 15.5. The molecule has 24 aromatic rings. The lowest BCUT2D eigenvalue weighted by atomic mass is 9.89. The van der Waals surface area contributed by atoms with Crippen LogP contribution in [0.3, 0.4) is 0 Å². The molecule has 0 saturated heterocycles. The Morgan fingerprint density at radius 3 is 0.671 bits per heavy atom. The van der Waals surface area contributed by atoms with Gasteiger partial charge in [-0.2, -0.15) is 0 Å². The topological polar surface area (TPSA) is 19.4 Å². The van der Waals surface area contributed by atoms with Gasteiger partial charge in [0, 0.05) is 117 Å². The zero-order valence-corrected chi connectivity index (χ0v) is 78.6. The summed E-state index contributed by atoms with van der Waals surface area (Å²) in [5.74, 6) is 0. The molecule has 0 aliphatic carbocycles. The third kappa shape index (κ3) is 18.0. The van der Waals surface area contributed by atoms with Gasteiger partial charge >= 0.3 is 0 Å². The summed E-state index contributed by atoms with van der Waals surface area (Å²) in [6.45, 7) is 2.12. The molecule has 0 aliphatic heterocycles. The smallest absolute Gasteiger partial charge is 0.0494 e. The molecule has 0 aliphatic rings. The molecule has 0 bridgehead atoms. The van der Waals surface area contributed by atoms with Crippen LogP contribution >= 0.6 is 0 Å². The van der Waals surface area contributed by atoms with Crippen molar-refractivity contribution in [3.63, 3.8) is 0 Å². The van der Waals surface area contributed by atoms with E-state index in [-0.39, 0.29) is 0 Å². The van der Waals surface area contributed by atoms with Crippen molar-refractivity contribution in [2.24, 2.45) is 0 Å². The zero-order valence-electron chi connectivity index (χ0n) is 78.6. The van der Waals surface area contributed by atoms with Crippen LogP contribution in [0.4, 0.5) is 85.3 Å². The van der Waals surface area contributed by atoms with Crippen molar-refractivity contribution in [3.05, 3.63) is 552 Å². The van der Waals surface area contributed by atoms with Gasteiger partial charge in [-0.1, -0.05) is 382 Å². The first-order chi connectivity index (χ1) is 69.1. The van der Waals surface area contributed by atoms with Gasteiger partial charge in [0.1, 0.15) is 0 Å². The molecule has 0 saturated carbocycles. The molecule has 6 nitrogen and oxygen atoms in total. The van der Waals surface area contributed by atoms with Crippen LogP contribution in [0, 0.1) is 6.92 Å². The first-order valence-electron chi connectivity index (χ1n) is 48.0. The van der Waals surface area contributed by atoms with E-state index in [0.29, 0.717) is 0 Å². The molecular formula is C134H102N6. The predicted molar refractivity (Wildman–Crippen MR) is 600 cm³/mol. The minimum absolute atomic E-state index is 1.10. The van der Waals surface area contributed by atoms with Gasteiger partial charge in [-0.15, -0.1) is 0 Å². The molecule has 668 valence electrons. The molecule has 6 heteroatoms. The molecule has 0 fully saturated rings. The van der Waals surface area contributed by atoms with Crippen LogP contribution in [-0.2, 0) is 0 Å². The van der Waals surface area contributed by atoms with E-state index < -0.39 is 0 Å². The van der Waals surface area contributed by atoms with Gasteiger partial charge in [-0.05, 0) is 297 Å². The minimum Gasteiger partial charge on any atom is -0.345 e. The molecule has 0 atom stereocenters. The quantitative estimate of drug-likeness (QED) is 0.0524. The van der Waals surface area contributed by atoms with Crippen LogP contribution < -0.4 is 29.4 Å². The van der Waals surface area contributed by atoms with Gasteiger partial charge in [0.2, 0.25) is 0 Å². The van der Waals surface area contributed by atoms with Gasteiger partial charge in [-0.3, -0.25) is 0 Å². The standard InChI is InChI=1S/C51H36N2.C45H34N2.C38H32N2/c1-52(49-34-33-47-45-18-9-16-39-15-8-17-44(50(39)45)46-19-10-20-48(49)51(46)47)40-29-31-43(32-30-40)53(41-25-21-37(22-26-41)35-11-4-2-5-12-35)42-27-23-38(24-28-42)36-13-6-3-7-14-36;1-46(45-32-37-16-8-9-17-42(37)43-18-10-11-19-44(43)45)38-28-30-41(31-29-38)47(39-24-20-35(21-25-39)33-12-4-2-5-13-33)40-26-22-36(23-27-40)34-14-6-3-7-15-34;1-29-13-19-34(20-14-29)39(2)35-25-27-38(28-26-35)40(36-21-15-32(16-22-36)30-9-5-3-6-10-30)37-23-17-33(18-24-37)31-11-7-4-8-12-31/h2-34H,1H3;2-32H,1H3;3-28H,1-2H3. The van der Waals surface area contributed by atoms with Crippen molar-refractivity contribution >= 4 is 150 Å². The summed E-state index contributed by atoms with van der Waals surface area (Å²) in [7, 11) is 6.45. The summed E-state index contributed by atoms with van der Waals surface area (Å²) < 4.78 is 0. The Labute approximate surface area is 820 Å². The Hall–Kier alpha value is -18.1. The molecule has 0 radical (unpaired) electrons. The molecule has 0 amide bonds. The first kappa shape index (κ1) is 87.3. The maximum Gasteiger partial charge on any atom is 0.0494 e. The first-order valence-corrected chi connectivity index (χ1v) is 48.0. The summed E-state index contributed by atoms with van der Waals surface area (Å²) in [5.41, 5.74) is 32.7. The number of aryl methyl sites for hydroxylation is 1. The van der Waals surface area contributed by atoms with Crippen molar-refractivity contribution in [3.8, 4) is 66.8 Å². The fourth-order valence-electron chi connectivity index (χ4n) is 19.8. The van der Waals surface area contributed by atoms with E-state index in [9.17, 15) is 0 Å². The molecule has 0 heterocycles. The fraction of sp³-hybridized carbons (Fsp3) is 0.0299. The number of benzene rings is 24. The molecule has 140 heavy (non-hydrogen) atoms. The van der Waals surface area contributed by atoms with Crippen LogP contribution in [0.25, 0.3) is 131 Å². The van der Waals surface area contributed by atoms with Crippen LogP contribution in [0.2, 0.25) is 0 Å². The molecule has 24 rings (SSSR count). The number of rotatable bonds is 21. The molecule has 0 spiro atoms. The Kier molecular flexibility index (Phi) is 24.6. The second kappa shape index (κ2) is 39.4. The van der Waals surface area contributed by atoms with Crippen LogP contribution in [0.5, 0.6) is 0 Å². The Morgan fingerprint density at radius 1 is 0.129 bits per heavy atom. The van der Waals surface area contributed by atoms with Gasteiger partial charge in [0.25, 0.3) is 0 Å². The predicted octanol–water partition coefficient (Wildman–Crippen LogP) is 37.4. The van der Waals surface area contributed by atoms with E-state index in [0.717, 1.165) is 68.2 Å². The lowest BCUT2D eigenvalue weighted by molar-refractivity contribution is 1.20. The van der Waals surface area contributed by atoms with Crippen molar-refractivity contribution in [1.82, 2.24) is 0 Å². The SMILES string of the molecule is CN(c1ccc(N(c2ccc(-c3ccccc3)cc2)c2ccc(-c3ccccc3)cc2)cc1)c1cc2ccccc2c2ccccc12.CN(c1ccc(N(c2ccc(-c3ccccc3)cc2)c2ccc(-c3ccccc3)cc2)cc1)c1ccc2c3cccc4cccc(c5cccc1c52)c43.Cc1ccc(N(C)c2ccc(N(c3ccc(-c4ccccc4)cc3)c3ccc(-c4ccccc4)cc3)cc2)cc1. The van der Waals surface area contributed by atoms with Gasteiger partial charge < -0.3 is 29.4 Å². The summed E-state index contributed by atoms with van der Waals surface area (Å²) in [6, 6.07) is 196. The average molecular weight is 1800 g/mol. The summed E-state index contributed by atoms with van der Waals surface area (Å²) in [6.07, 6.45) is 0. The highest BCUT2D eigenvalue weighted by Gasteiger charge is 2.23. The highest BCUT2D eigenvalue weighted by atomic mass is 15.2. The third-order valence-corrected chi connectivity index (χ3v) is 27.3. The van der Waals surface area contributed by atoms with E-state index in [1.54, 1.807) is 0 Å². The van der Waals surface area contributed by atoms with Crippen molar-refractivity contribution < 1.29 is 0 Å². The monoisotopic (exact) mass is 1790 g/mol. The highest BCUT2D eigenvalue weighted by Crippen LogP contribution is 2.48. The lowest BCUT2D eigenvalue weighted by Gasteiger charge is -2.27. The van der Waals surface area contributed by atoms with E-state index >= 15 is 0 Å². The maximum absolute atomic E-state index is 2.34. The van der Waals surface area contributed by atoms with Crippen molar-refractivity contribution in [1.29, 1.82) is 0 Å². The van der Waals surface area contributed by atoms with Gasteiger partial charge in [0.15, 0.2) is 0 Å². The Morgan fingerprint density at radius 2 is 0.343 bits per heavy atom. The number of nitrogens with zero attached hydrogens (tertiary/aromatic N) is 6. The van der Waals surface area contributed by atoms with E-state index in [1.807, 2.05) is 0 Å². The molecule has 0 unspecified atom stereocenters. The van der Waals surface area contributed by atoms with Crippen molar-refractivity contribution in [2.75, 3.05) is 50.5 Å². The van der Waals surface area contributed by atoms with E-state index in [4.69, 9.17) is 0 Å². The number of hydrogen-bond acceptors (Lipinski definition) is 6.